The smallest absolute Gasteiger partial charge is 0.191 e. The Kier molecular flexibility index (Phi) is 12.0. The van der Waals surface area contributed by atoms with Crippen molar-refractivity contribution in [1.29, 1.82) is 0 Å². The number of benzene rings is 1. The van der Waals surface area contributed by atoms with Crippen LogP contribution >= 0.6 is 24.0 Å². The Bertz CT molecular complexity index is 614. The molecule has 8 heteroatoms. The molecule has 0 bridgehead atoms. The van der Waals surface area contributed by atoms with E-state index in [2.05, 4.69) is 51.6 Å². The monoisotopic (exact) mass is 531 g/mol. The Morgan fingerprint density at radius 2 is 1.70 bits per heavy atom. The molecule has 0 amide bonds. The van der Waals surface area contributed by atoms with Gasteiger partial charge in [0.05, 0.1) is 25.9 Å². The van der Waals surface area contributed by atoms with Crippen molar-refractivity contribution >= 4 is 29.9 Å². The van der Waals surface area contributed by atoms with E-state index in [9.17, 15) is 5.11 Å². The van der Waals surface area contributed by atoms with Crippen LogP contribution in [0.15, 0.2) is 29.3 Å². The van der Waals surface area contributed by atoms with Crippen molar-refractivity contribution in [1.82, 2.24) is 20.4 Å². The molecule has 7 nitrogen and oxygen atoms in total. The molecule has 0 unspecified atom stereocenters. The van der Waals surface area contributed by atoms with E-state index in [-0.39, 0.29) is 30.1 Å². The summed E-state index contributed by atoms with van der Waals surface area (Å²) in [5.41, 5.74) is 2.54. The number of hydrogen-bond donors (Lipinski definition) is 3. The van der Waals surface area contributed by atoms with Gasteiger partial charge in [0.15, 0.2) is 5.96 Å². The van der Waals surface area contributed by atoms with Gasteiger partial charge in [-0.25, -0.2) is 4.99 Å². The lowest BCUT2D eigenvalue weighted by Gasteiger charge is -2.29. The summed E-state index contributed by atoms with van der Waals surface area (Å²) in [7, 11) is 0. The molecule has 0 aliphatic carbocycles. The third-order valence-corrected chi connectivity index (χ3v) is 5.57. The molecule has 3 N–H and O–H groups in total. The van der Waals surface area contributed by atoms with Crippen LogP contribution in [0.1, 0.15) is 30.9 Å². The van der Waals surface area contributed by atoms with Gasteiger partial charge in [-0.3, -0.25) is 9.80 Å². The zero-order chi connectivity index (χ0) is 20.3. The lowest BCUT2D eigenvalue weighted by atomic mass is 10.1. The molecule has 170 valence electrons. The van der Waals surface area contributed by atoms with Crippen molar-refractivity contribution in [3.63, 3.8) is 0 Å². The average molecular weight is 531 g/mol. The number of piperidine rings is 1. The molecule has 30 heavy (non-hydrogen) atoms. The standard InChI is InChI=1S/C22H37N5O2.HI/c1-2-23-22(24-9-12-26-13-15-29-16-14-26)25-17-19-3-5-20(6-4-19)18-27-10-7-21(28)8-11-27;/h3-6,21,28H,2,7-18H2,1H3,(H2,23,24,25);1H. The molecule has 0 aromatic heterocycles. The quantitative estimate of drug-likeness (QED) is 0.269. The number of rotatable bonds is 8. The normalized spacial score (nSPS) is 19.3. The summed E-state index contributed by atoms with van der Waals surface area (Å²) in [5, 5.41) is 16.4. The Hall–Kier alpha value is -0.940. The fourth-order valence-corrected chi connectivity index (χ4v) is 3.76. The minimum absolute atomic E-state index is 0. The highest BCUT2D eigenvalue weighted by molar-refractivity contribution is 14.0. The highest BCUT2D eigenvalue weighted by atomic mass is 127. The highest BCUT2D eigenvalue weighted by Crippen LogP contribution is 2.14. The van der Waals surface area contributed by atoms with Crippen LogP contribution in [0, 0.1) is 0 Å². The Labute approximate surface area is 198 Å². The number of aliphatic hydroxyl groups is 1. The fourth-order valence-electron chi connectivity index (χ4n) is 3.76. The summed E-state index contributed by atoms with van der Waals surface area (Å²) < 4.78 is 5.40. The predicted molar refractivity (Wildman–Crippen MR) is 132 cm³/mol. The molecule has 0 saturated carbocycles. The van der Waals surface area contributed by atoms with E-state index in [1.165, 1.54) is 11.1 Å². The van der Waals surface area contributed by atoms with Crippen LogP contribution in [0.2, 0.25) is 0 Å². The molecule has 2 heterocycles. The van der Waals surface area contributed by atoms with E-state index in [4.69, 9.17) is 9.73 Å². The second-order valence-electron chi connectivity index (χ2n) is 7.90. The Morgan fingerprint density at radius 1 is 1.03 bits per heavy atom. The van der Waals surface area contributed by atoms with Gasteiger partial charge in [0, 0.05) is 52.4 Å². The van der Waals surface area contributed by atoms with Gasteiger partial charge in [0.1, 0.15) is 0 Å². The minimum Gasteiger partial charge on any atom is -0.393 e. The second kappa shape index (κ2) is 14.2. The largest absolute Gasteiger partial charge is 0.393 e. The molecular formula is C22H38IN5O2. The molecule has 2 aliphatic heterocycles. The lowest BCUT2D eigenvalue weighted by molar-refractivity contribution is 0.0389. The van der Waals surface area contributed by atoms with Crippen LogP contribution in [0.5, 0.6) is 0 Å². The van der Waals surface area contributed by atoms with Gasteiger partial charge in [-0.1, -0.05) is 24.3 Å². The van der Waals surface area contributed by atoms with Crippen LogP contribution < -0.4 is 10.6 Å². The molecule has 0 spiro atoms. The first kappa shape index (κ1) is 25.3. The first-order chi connectivity index (χ1) is 14.2. The van der Waals surface area contributed by atoms with Crippen LogP contribution in [0.25, 0.3) is 0 Å². The van der Waals surface area contributed by atoms with Crippen molar-refractivity contribution in [3.8, 4) is 0 Å². The third kappa shape index (κ3) is 9.05. The Balaban J connectivity index is 0.00000320. The van der Waals surface area contributed by atoms with E-state index in [0.717, 1.165) is 84.4 Å². The van der Waals surface area contributed by atoms with Crippen molar-refractivity contribution in [2.45, 2.75) is 39.0 Å². The first-order valence-corrected chi connectivity index (χ1v) is 11.0. The molecule has 2 saturated heterocycles. The summed E-state index contributed by atoms with van der Waals surface area (Å²) in [6.45, 7) is 12.1. The number of hydrogen-bond acceptors (Lipinski definition) is 5. The van der Waals surface area contributed by atoms with Gasteiger partial charge >= 0.3 is 0 Å². The van der Waals surface area contributed by atoms with E-state index in [0.29, 0.717) is 6.54 Å². The summed E-state index contributed by atoms with van der Waals surface area (Å²) in [6.07, 6.45) is 1.66. The van der Waals surface area contributed by atoms with Crippen LogP contribution in [-0.2, 0) is 17.8 Å². The third-order valence-electron chi connectivity index (χ3n) is 5.57. The molecule has 3 rings (SSSR count). The summed E-state index contributed by atoms with van der Waals surface area (Å²) >= 11 is 0. The predicted octanol–water partition coefficient (Wildman–Crippen LogP) is 1.65. The second-order valence-corrected chi connectivity index (χ2v) is 7.90. The Morgan fingerprint density at radius 3 is 2.37 bits per heavy atom. The minimum atomic E-state index is -0.111. The van der Waals surface area contributed by atoms with Gasteiger partial charge in [-0.15, -0.1) is 24.0 Å². The van der Waals surface area contributed by atoms with Crippen molar-refractivity contribution in [2.24, 2.45) is 4.99 Å². The van der Waals surface area contributed by atoms with Crippen molar-refractivity contribution < 1.29 is 9.84 Å². The highest BCUT2D eigenvalue weighted by Gasteiger charge is 2.16. The maximum absolute atomic E-state index is 9.64. The first-order valence-electron chi connectivity index (χ1n) is 11.0. The number of morpholine rings is 1. The van der Waals surface area contributed by atoms with Gasteiger partial charge < -0.3 is 20.5 Å². The van der Waals surface area contributed by atoms with Crippen LogP contribution in [-0.4, -0.2) is 86.0 Å². The number of nitrogens with zero attached hydrogens (tertiary/aromatic N) is 3. The van der Waals surface area contributed by atoms with Gasteiger partial charge in [-0.05, 0) is 30.9 Å². The van der Waals surface area contributed by atoms with E-state index in [1.54, 1.807) is 0 Å². The number of ether oxygens (including phenoxy) is 1. The molecule has 1 aromatic carbocycles. The fraction of sp³-hybridized carbons (Fsp3) is 0.682. The number of nitrogens with one attached hydrogen (secondary N) is 2. The SMILES string of the molecule is CCNC(=NCc1ccc(CN2CCC(O)CC2)cc1)NCCN1CCOCC1.I. The summed E-state index contributed by atoms with van der Waals surface area (Å²) in [4.78, 5) is 9.57. The number of likely N-dealkylation sites (tertiary alicyclic amines) is 1. The number of aliphatic hydroxyl groups excluding tert-OH is 1. The number of halogens is 1. The summed E-state index contributed by atoms with van der Waals surface area (Å²) in [5.74, 6) is 0.872. The topological polar surface area (TPSA) is 72.4 Å². The molecule has 0 atom stereocenters. The van der Waals surface area contributed by atoms with Crippen LogP contribution in [0.4, 0.5) is 0 Å². The average Bonchev–Trinajstić information content (AvgIpc) is 2.75. The van der Waals surface area contributed by atoms with E-state index >= 15 is 0 Å². The molecule has 2 fully saturated rings. The number of guanidine groups is 1. The van der Waals surface area contributed by atoms with Gasteiger partial charge in [0.2, 0.25) is 0 Å². The van der Waals surface area contributed by atoms with Crippen molar-refractivity contribution in [2.75, 3.05) is 59.0 Å². The molecular weight excluding hydrogens is 493 g/mol. The van der Waals surface area contributed by atoms with E-state index < -0.39 is 0 Å². The zero-order valence-corrected chi connectivity index (χ0v) is 20.5. The molecule has 0 radical (unpaired) electrons. The maximum atomic E-state index is 9.64. The van der Waals surface area contributed by atoms with Gasteiger partial charge in [0.25, 0.3) is 0 Å². The maximum Gasteiger partial charge on any atom is 0.191 e. The lowest BCUT2D eigenvalue weighted by Crippen LogP contribution is -2.44. The van der Waals surface area contributed by atoms with Crippen molar-refractivity contribution in [3.05, 3.63) is 35.4 Å². The van der Waals surface area contributed by atoms with Gasteiger partial charge in [-0.2, -0.15) is 0 Å². The number of aliphatic imine (C=N–C) groups is 1. The molecule has 2 aliphatic rings. The zero-order valence-electron chi connectivity index (χ0n) is 18.2. The van der Waals surface area contributed by atoms with Crippen LogP contribution in [0.3, 0.4) is 0 Å². The van der Waals surface area contributed by atoms with E-state index in [1.807, 2.05) is 0 Å². The summed E-state index contributed by atoms with van der Waals surface area (Å²) in [6, 6.07) is 8.76. The molecule has 1 aromatic rings.